The van der Waals surface area contributed by atoms with E-state index >= 15 is 0 Å². The smallest absolute Gasteiger partial charge is 0.405 e. The van der Waals surface area contributed by atoms with Crippen LogP contribution in [0.2, 0.25) is 0 Å². The Labute approximate surface area is 128 Å². The summed E-state index contributed by atoms with van der Waals surface area (Å²) in [5.41, 5.74) is -0.714. The van der Waals surface area contributed by atoms with Crippen molar-refractivity contribution in [2.75, 3.05) is 6.54 Å². The molecule has 3 N–H and O–H groups in total. The minimum atomic E-state index is -1.25. The maximum absolute atomic E-state index is 14.0. The van der Waals surface area contributed by atoms with Crippen molar-refractivity contribution in [2.45, 2.75) is 38.1 Å². The molecule has 0 saturated carbocycles. The van der Waals surface area contributed by atoms with E-state index in [2.05, 4.69) is 10.6 Å². The van der Waals surface area contributed by atoms with E-state index in [9.17, 15) is 14.0 Å². The first-order valence-electron chi connectivity index (χ1n) is 7.38. The molecule has 1 aliphatic heterocycles. The van der Waals surface area contributed by atoms with Crippen LogP contribution in [0.3, 0.4) is 0 Å². The Kier molecular flexibility index (Phi) is 4.68. The third-order valence-electron chi connectivity index (χ3n) is 3.99. The number of halogens is 1. The molecule has 6 heteroatoms. The van der Waals surface area contributed by atoms with Gasteiger partial charge in [0.2, 0.25) is 5.91 Å². The van der Waals surface area contributed by atoms with Crippen molar-refractivity contribution in [2.24, 2.45) is 5.92 Å². The van der Waals surface area contributed by atoms with Gasteiger partial charge in [-0.2, -0.15) is 0 Å². The van der Waals surface area contributed by atoms with Crippen molar-refractivity contribution in [1.29, 1.82) is 0 Å². The van der Waals surface area contributed by atoms with Crippen LogP contribution in [-0.2, 0) is 4.79 Å². The molecule has 1 aromatic carbocycles. The van der Waals surface area contributed by atoms with Gasteiger partial charge in [-0.15, -0.1) is 0 Å². The summed E-state index contributed by atoms with van der Waals surface area (Å²) in [5.74, 6) is -0.810. The van der Waals surface area contributed by atoms with Gasteiger partial charge >= 0.3 is 6.09 Å². The van der Waals surface area contributed by atoms with Crippen molar-refractivity contribution < 1.29 is 19.1 Å². The van der Waals surface area contributed by atoms with Gasteiger partial charge in [-0.1, -0.05) is 32.0 Å². The van der Waals surface area contributed by atoms with Crippen LogP contribution in [-0.4, -0.2) is 29.2 Å². The molecule has 0 bridgehead atoms. The first-order chi connectivity index (χ1) is 10.3. The molecule has 22 heavy (non-hydrogen) atoms. The van der Waals surface area contributed by atoms with Gasteiger partial charge in [-0.3, -0.25) is 4.79 Å². The van der Waals surface area contributed by atoms with E-state index < -0.39 is 11.6 Å². The van der Waals surface area contributed by atoms with Gasteiger partial charge in [0.05, 0.1) is 0 Å². The number of carbonyl (C=O) groups is 2. The minimum Gasteiger partial charge on any atom is -0.465 e. The molecular formula is C16H21FN2O3. The molecule has 0 radical (unpaired) electrons. The van der Waals surface area contributed by atoms with Gasteiger partial charge in [0, 0.05) is 12.5 Å². The number of hydrogen-bond acceptors (Lipinski definition) is 2. The molecule has 5 nitrogen and oxygen atoms in total. The van der Waals surface area contributed by atoms with Crippen molar-refractivity contribution in [3.8, 4) is 0 Å². The Morgan fingerprint density at radius 2 is 2.18 bits per heavy atom. The van der Waals surface area contributed by atoms with Crippen molar-refractivity contribution in [1.82, 2.24) is 10.6 Å². The highest BCUT2D eigenvalue weighted by Gasteiger charge is 2.46. The Morgan fingerprint density at radius 1 is 1.50 bits per heavy atom. The standard InChI is InChI=1S/C16H21FN2O3/c1-10(2)7-16(19-15(21)22)8-11(9-18-14(16)20)12-5-3-4-6-13(12)17/h3-6,10-11,19H,7-9H2,1-2H3,(H,18,20)(H,21,22)/t11-,16+/m1/s1. The van der Waals surface area contributed by atoms with Crippen LogP contribution in [0.1, 0.15) is 38.2 Å². The maximum Gasteiger partial charge on any atom is 0.405 e. The van der Waals surface area contributed by atoms with E-state index in [4.69, 9.17) is 5.11 Å². The number of piperidine rings is 1. The van der Waals surface area contributed by atoms with Crippen LogP contribution in [0.25, 0.3) is 0 Å². The second-order valence-corrected chi connectivity index (χ2v) is 6.24. The zero-order valence-electron chi connectivity index (χ0n) is 12.7. The third-order valence-corrected chi connectivity index (χ3v) is 3.99. The summed E-state index contributed by atoms with van der Waals surface area (Å²) >= 11 is 0. The van der Waals surface area contributed by atoms with Crippen LogP contribution in [0.5, 0.6) is 0 Å². The number of benzene rings is 1. The highest BCUT2D eigenvalue weighted by atomic mass is 19.1. The molecule has 2 atom stereocenters. The zero-order valence-corrected chi connectivity index (χ0v) is 12.7. The fourth-order valence-corrected chi connectivity index (χ4v) is 3.23. The summed E-state index contributed by atoms with van der Waals surface area (Å²) in [4.78, 5) is 23.5. The third kappa shape index (κ3) is 3.37. The second-order valence-electron chi connectivity index (χ2n) is 6.24. The quantitative estimate of drug-likeness (QED) is 0.799. The lowest BCUT2D eigenvalue weighted by molar-refractivity contribution is -0.130. The Bertz CT molecular complexity index is 576. The Balaban J connectivity index is 2.33. The largest absolute Gasteiger partial charge is 0.465 e. The molecule has 2 rings (SSSR count). The van der Waals surface area contributed by atoms with Crippen LogP contribution in [0.15, 0.2) is 24.3 Å². The molecule has 1 aromatic rings. The number of carbonyl (C=O) groups excluding carboxylic acids is 1. The number of hydrogen-bond donors (Lipinski definition) is 3. The summed E-state index contributed by atoms with van der Waals surface area (Å²) in [6.45, 7) is 4.15. The van der Waals surface area contributed by atoms with E-state index in [0.717, 1.165) is 0 Å². The first kappa shape index (κ1) is 16.3. The van der Waals surface area contributed by atoms with Crippen LogP contribution in [0, 0.1) is 11.7 Å². The van der Waals surface area contributed by atoms with E-state index in [1.54, 1.807) is 18.2 Å². The predicted octanol–water partition coefficient (Wildman–Crippen LogP) is 2.48. The Hall–Kier alpha value is -2.11. The van der Waals surface area contributed by atoms with Gasteiger partial charge < -0.3 is 15.7 Å². The molecule has 1 heterocycles. The lowest BCUT2D eigenvalue weighted by Gasteiger charge is -2.41. The molecule has 0 aliphatic carbocycles. The molecule has 0 aromatic heterocycles. The molecule has 1 saturated heterocycles. The summed E-state index contributed by atoms with van der Waals surface area (Å²) < 4.78 is 14.0. The maximum atomic E-state index is 14.0. The minimum absolute atomic E-state index is 0.122. The molecule has 1 fully saturated rings. The highest BCUT2D eigenvalue weighted by Crippen LogP contribution is 2.34. The van der Waals surface area contributed by atoms with Gasteiger partial charge in [0.15, 0.2) is 0 Å². The number of amides is 2. The molecular weight excluding hydrogens is 287 g/mol. The van der Waals surface area contributed by atoms with Gasteiger partial charge in [-0.25, -0.2) is 9.18 Å². The number of nitrogens with one attached hydrogen (secondary N) is 2. The molecule has 1 aliphatic rings. The second kappa shape index (κ2) is 6.34. The zero-order chi connectivity index (χ0) is 16.3. The first-order valence-corrected chi connectivity index (χ1v) is 7.38. The van der Waals surface area contributed by atoms with Gasteiger partial charge in [0.1, 0.15) is 11.4 Å². The van der Waals surface area contributed by atoms with E-state index in [0.29, 0.717) is 18.5 Å². The van der Waals surface area contributed by atoms with Crippen molar-refractivity contribution in [3.63, 3.8) is 0 Å². The monoisotopic (exact) mass is 308 g/mol. The van der Waals surface area contributed by atoms with E-state index in [1.807, 2.05) is 13.8 Å². The average molecular weight is 308 g/mol. The molecule has 2 amide bonds. The topological polar surface area (TPSA) is 78.4 Å². The van der Waals surface area contributed by atoms with Crippen LogP contribution < -0.4 is 10.6 Å². The highest BCUT2D eigenvalue weighted by molar-refractivity contribution is 5.90. The summed E-state index contributed by atoms with van der Waals surface area (Å²) in [6.07, 6.45) is -0.620. The summed E-state index contributed by atoms with van der Waals surface area (Å²) in [6, 6.07) is 6.40. The van der Waals surface area contributed by atoms with E-state index in [1.165, 1.54) is 6.07 Å². The predicted molar refractivity (Wildman–Crippen MR) is 80.1 cm³/mol. The van der Waals surface area contributed by atoms with E-state index in [-0.39, 0.29) is 30.0 Å². The molecule has 120 valence electrons. The van der Waals surface area contributed by atoms with Crippen molar-refractivity contribution >= 4 is 12.0 Å². The fraction of sp³-hybridized carbons (Fsp3) is 0.500. The number of carboxylic acid groups (broad SMARTS) is 1. The number of rotatable bonds is 4. The SMILES string of the molecule is CC(C)C[C@]1(NC(=O)O)C[C@@H](c2ccccc2F)CNC1=O. The van der Waals surface area contributed by atoms with Gasteiger partial charge in [0.25, 0.3) is 0 Å². The lowest BCUT2D eigenvalue weighted by atomic mass is 9.75. The normalized spacial score (nSPS) is 24.9. The van der Waals surface area contributed by atoms with Gasteiger partial charge in [-0.05, 0) is 30.4 Å². The Morgan fingerprint density at radius 3 is 2.77 bits per heavy atom. The molecule has 0 unspecified atom stereocenters. The summed E-state index contributed by atoms with van der Waals surface area (Å²) in [5, 5.41) is 14.2. The lowest BCUT2D eigenvalue weighted by Crippen LogP contribution is -2.63. The fourth-order valence-electron chi connectivity index (χ4n) is 3.23. The summed E-state index contributed by atoms with van der Waals surface area (Å²) in [7, 11) is 0. The molecule has 0 spiro atoms. The average Bonchev–Trinajstić information content (AvgIpc) is 2.41. The van der Waals surface area contributed by atoms with Crippen molar-refractivity contribution in [3.05, 3.63) is 35.6 Å². The van der Waals surface area contributed by atoms with Crippen LogP contribution >= 0.6 is 0 Å². The van der Waals surface area contributed by atoms with Crippen LogP contribution in [0.4, 0.5) is 9.18 Å².